The number of pyridine rings is 1. The zero-order valence-electron chi connectivity index (χ0n) is 12.2. The summed E-state index contributed by atoms with van der Waals surface area (Å²) in [6.45, 7) is 11.3. The van der Waals surface area contributed by atoms with Crippen molar-refractivity contribution in [1.82, 2.24) is 9.88 Å². The van der Waals surface area contributed by atoms with Crippen molar-refractivity contribution < 1.29 is 0 Å². The average molecular weight is 246 g/mol. The molecule has 2 rings (SSSR count). The minimum atomic E-state index is 0.213. The SMILES string of the molecule is C[C@H]1CCCCN1Cc1cc(C(C)(C)C)ccn1. The van der Waals surface area contributed by atoms with E-state index in [0.29, 0.717) is 6.04 Å². The first-order valence-electron chi connectivity index (χ1n) is 7.16. The van der Waals surface area contributed by atoms with E-state index in [2.05, 4.69) is 49.7 Å². The number of hydrogen-bond acceptors (Lipinski definition) is 2. The van der Waals surface area contributed by atoms with Crippen LogP contribution in [0.15, 0.2) is 18.3 Å². The van der Waals surface area contributed by atoms with E-state index >= 15 is 0 Å². The predicted octanol–water partition coefficient (Wildman–Crippen LogP) is 3.75. The topological polar surface area (TPSA) is 16.1 Å². The Bertz CT molecular complexity index is 392. The lowest BCUT2D eigenvalue weighted by Gasteiger charge is -2.33. The summed E-state index contributed by atoms with van der Waals surface area (Å²) in [5.74, 6) is 0. The summed E-state index contributed by atoms with van der Waals surface area (Å²) in [6, 6.07) is 5.13. The number of likely N-dealkylation sites (tertiary alicyclic amines) is 1. The minimum Gasteiger partial charge on any atom is -0.295 e. The summed E-state index contributed by atoms with van der Waals surface area (Å²) in [7, 11) is 0. The zero-order valence-corrected chi connectivity index (χ0v) is 12.2. The van der Waals surface area contributed by atoms with Gasteiger partial charge in [-0.25, -0.2) is 0 Å². The summed E-state index contributed by atoms with van der Waals surface area (Å²) in [4.78, 5) is 7.11. The number of rotatable bonds is 2. The number of nitrogens with zero attached hydrogens (tertiary/aromatic N) is 2. The Hall–Kier alpha value is -0.890. The maximum Gasteiger partial charge on any atom is 0.0547 e. The minimum absolute atomic E-state index is 0.213. The summed E-state index contributed by atoms with van der Waals surface area (Å²) in [5.41, 5.74) is 2.82. The molecule has 100 valence electrons. The highest BCUT2D eigenvalue weighted by Gasteiger charge is 2.20. The van der Waals surface area contributed by atoms with Crippen molar-refractivity contribution in [3.05, 3.63) is 29.6 Å². The fourth-order valence-corrected chi connectivity index (χ4v) is 2.63. The Morgan fingerprint density at radius 2 is 2.11 bits per heavy atom. The van der Waals surface area contributed by atoms with Gasteiger partial charge in [0.2, 0.25) is 0 Å². The van der Waals surface area contributed by atoms with Crippen LogP contribution in [-0.2, 0) is 12.0 Å². The van der Waals surface area contributed by atoms with Gasteiger partial charge in [-0.05, 0) is 49.4 Å². The molecular weight excluding hydrogens is 220 g/mol. The third-order valence-corrected chi connectivity index (χ3v) is 3.99. The largest absolute Gasteiger partial charge is 0.295 e. The van der Waals surface area contributed by atoms with E-state index in [1.54, 1.807) is 0 Å². The fourth-order valence-electron chi connectivity index (χ4n) is 2.63. The molecule has 0 radical (unpaired) electrons. The maximum absolute atomic E-state index is 4.54. The highest BCUT2D eigenvalue weighted by Crippen LogP contribution is 2.23. The van der Waals surface area contributed by atoms with E-state index in [0.717, 1.165) is 6.54 Å². The van der Waals surface area contributed by atoms with Gasteiger partial charge in [0, 0.05) is 18.8 Å². The van der Waals surface area contributed by atoms with Crippen LogP contribution in [0.3, 0.4) is 0 Å². The molecule has 0 amide bonds. The molecule has 1 aromatic heterocycles. The molecule has 0 saturated carbocycles. The molecule has 0 unspecified atom stereocenters. The van der Waals surface area contributed by atoms with Gasteiger partial charge in [-0.1, -0.05) is 27.2 Å². The molecule has 1 saturated heterocycles. The standard InChI is InChI=1S/C16H26N2/c1-13-7-5-6-10-18(13)12-15-11-14(8-9-17-15)16(2,3)4/h8-9,11,13H,5-7,10,12H2,1-4H3/t13-/m0/s1. The highest BCUT2D eigenvalue weighted by atomic mass is 15.2. The second kappa shape index (κ2) is 5.40. The molecule has 18 heavy (non-hydrogen) atoms. The predicted molar refractivity (Wildman–Crippen MR) is 76.7 cm³/mol. The normalized spacial score (nSPS) is 22.1. The Kier molecular flexibility index (Phi) is 4.06. The van der Waals surface area contributed by atoms with Gasteiger partial charge in [-0.2, -0.15) is 0 Å². The van der Waals surface area contributed by atoms with E-state index in [1.165, 1.54) is 37.1 Å². The van der Waals surface area contributed by atoms with Gasteiger partial charge < -0.3 is 0 Å². The van der Waals surface area contributed by atoms with Gasteiger partial charge in [0.05, 0.1) is 5.69 Å². The molecule has 1 fully saturated rings. The number of aromatic nitrogens is 1. The van der Waals surface area contributed by atoms with Crippen LogP contribution < -0.4 is 0 Å². The monoisotopic (exact) mass is 246 g/mol. The Labute approximate surface area is 111 Å². The lowest BCUT2D eigenvalue weighted by atomic mass is 9.87. The van der Waals surface area contributed by atoms with Crippen molar-refractivity contribution in [3.8, 4) is 0 Å². The van der Waals surface area contributed by atoms with Crippen LogP contribution >= 0.6 is 0 Å². The molecule has 1 aromatic rings. The molecule has 0 N–H and O–H groups in total. The highest BCUT2D eigenvalue weighted by molar-refractivity contribution is 5.23. The lowest BCUT2D eigenvalue weighted by molar-refractivity contribution is 0.151. The van der Waals surface area contributed by atoms with Crippen molar-refractivity contribution >= 4 is 0 Å². The number of hydrogen-bond donors (Lipinski definition) is 0. The molecular formula is C16H26N2. The second-order valence-corrected chi connectivity index (χ2v) is 6.60. The summed E-state index contributed by atoms with van der Waals surface area (Å²) >= 11 is 0. The molecule has 2 heterocycles. The quantitative estimate of drug-likeness (QED) is 0.790. The second-order valence-electron chi connectivity index (χ2n) is 6.60. The van der Waals surface area contributed by atoms with Crippen molar-refractivity contribution in [3.63, 3.8) is 0 Å². The van der Waals surface area contributed by atoms with E-state index in [-0.39, 0.29) is 5.41 Å². The van der Waals surface area contributed by atoms with E-state index < -0.39 is 0 Å². The third kappa shape index (κ3) is 3.32. The molecule has 1 aliphatic rings. The molecule has 2 heteroatoms. The van der Waals surface area contributed by atoms with Crippen molar-refractivity contribution in [1.29, 1.82) is 0 Å². The first-order chi connectivity index (χ1) is 8.47. The van der Waals surface area contributed by atoms with Crippen LogP contribution in [0.2, 0.25) is 0 Å². The van der Waals surface area contributed by atoms with E-state index in [9.17, 15) is 0 Å². The van der Waals surface area contributed by atoms with Crippen molar-refractivity contribution in [2.75, 3.05) is 6.54 Å². The smallest absolute Gasteiger partial charge is 0.0547 e. The van der Waals surface area contributed by atoms with E-state index in [1.807, 2.05) is 6.20 Å². The van der Waals surface area contributed by atoms with Crippen LogP contribution in [-0.4, -0.2) is 22.5 Å². The van der Waals surface area contributed by atoms with Crippen molar-refractivity contribution in [2.45, 2.75) is 65.0 Å². The molecule has 0 aliphatic carbocycles. The van der Waals surface area contributed by atoms with Gasteiger partial charge in [0.15, 0.2) is 0 Å². The third-order valence-electron chi connectivity index (χ3n) is 3.99. The van der Waals surface area contributed by atoms with Crippen LogP contribution in [0.4, 0.5) is 0 Å². The van der Waals surface area contributed by atoms with E-state index in [4.69, 9.17) is 0 Å². The van der Waals surface area contributed by atoms with Crippen molar-refractivity contribution in [2.24, 2.45) is 0 Å². The summed E-state index contributed by atoms with van der Waals surface area (Å²) in [6.07, 6.45) is 6.01. The molecule has 0 spiro atoms. The number of piperidine rings is 1. The fraction of sp³-hybridized carbons (Fsp3) is 0.688. The first kappa shape index (κ1) is 13.5. The molecule has 2 nitrogen and oxygen atoms in total. The van der Waals surface area contributed by atoms with Crippen LogP contribution in [0, 0.1) is 0 Å². The molecule has 0 aromatic carbocycles. The summed E-state index contributed by atoms with van der Waals surface area (Å²) in [5, 5.41) is 0. The Balaban J connectivity index is 2.09. The lowest BCUT2D eigenvalue weighted by Crippen LogP contribution is -2.37. The zero-order chi connectivity index (χ0) is 13.2. The van der Waals surface area contributed by atoms with Gasteiger partial charge in [-0.15, -0.1) is 0 Å². The Morgan fingerprint density at radius 1 is 1.33 bits per heavy atom. The molecule has 1 atom stereocenters. The molecule has 0 bridgehead atoms. The first-order valence-corrected chi connectivity index (χ1v) is 7.16. The molecule has 1 aliphatic heterocycles. The van der Waals surface area contributed by atoms with Crippen LogP contribution in [0.5, 0.6) is 0 Å². The Morgan fingerprint density at radius 3 is 2.78 bits per heavy atom. The maximum atomic E-state index is 4.54. The van der Waals surface area contributed by atoms with Gasteiger partial charge >= 0.3 is 0 Å². The average Bonchev–Trinajstić information content (AvgIpc) is 2.31. The van der Waals surface area contributed by atoms with Crippen LogP contribution in [0.25, 0.3) is 0 Å². The van der Waals surface area contributed by atoms with Gasteiger partial charge in [0.25, 0.3) is 0 Å². The van der Waals surface area contributed by atoms with Gasteiger partial charge in [0.1, 0.15) is 0 Å². The summed E-state index contributed by atoms with van der Waals surface area (Å²) < 4.78 is 0. The van der Waals surface area contributed by atoms with Crippen LogP contribution in [0.1, 0.15) is 58.2 Å². The van der Waals surface area contributed by atoms with Gasteiger partial charge in [-0.3, -0.25) is 9.88 Å².